The summed E-state index contributed by atoms with van der Waals surface area (Å²) >= 11 is 0. The van der Waals surface area contributed by atoms with Gasteiger partial charge in [-0.25, -0.2) is 0 Å². The summed E-state index contributed by atoms with van der Waals surface area (Å²) < 4.78 is 0. The molecule has 0 aromatic heterocycles. The van der Waals surface area contributed by atoms with Gasteiger partial charge < -0.3 is 0 Å². The third-order valence-corrected chi connectivity index (χ3v) is 3.34. The van der Waals surface area contributed by atoms with Crippen molar-refractivity contribution in [3.05, 3.63) is 0 Å². The van der Waals surface area contributed by atoms with Gasteiger partial charge >= 0.3 is 0 Å². The van der Waals surface area contributed by atoms with Crippen LogP contribution in [0.15, 0.2) is 0 Å². The van der Waals surface area contributed by atoms with Crippen molar-refractivity contribution in [2.45, 2.75) is 60.3 Å². The molecule has 0 aliphatic rings. The first-order chi connectivity index (χ1) is 6.77. The molecule has 0 spiro atoms. The second-order valence-electron chi connectivity index (χ2n) is 5.20. The maximum Gasteiger partial charge on any atom is 0.135 e. The van der Waals surface area contributed by atoms with Crippen LogP contribution < -0.4 is 0 Å². The fraction of sp³-hybridized carbons (Fsp3) is 0.846. The normalized spacial score (nSPS) is 13.7. The van der Waals surface area contributed by atoms with Gasteiger partial charge in [0, 0.05) is 11.3 Å². The summed E-state index contributed by atoms with van der Waals surface area (Å²) in [5.41, 5.74) is -0.195. The Labute approximate surface area is 93.4 Å². The van der Waals surface area contributed by atoms with Gasteiger partial charge in [0.2, 0.25) is 0 Å². The fourth-order valence-corrected chi connectivity index (χ4v) is 1.40. The Morgan fingerprint density at radius 1 is 1.13 bits per heavy atom. The number of unbranched alkanes of at least 4 members (excludes halogenated alkanes) is 1. The van der Waals surface area contributed by atoms with Crippen LogP contribution in [0.5, 0.6) is 0 Å². The lowest BCUT2D eigenvalue weighted by molar-refractivity contribution is -0.125. The van der Waals surface area contributed by atoms with Gasteiger partial charge in [0.1, 0.15) is 11.6 Å². The molecule has 0 fully saturated rings. The number of ketones is 2. The highest BCUT2D eigenvalue weighted by Crippen LogP contribution is 2.25. The molecule has 0 radical (unpaired) electrons. The highest BCUT2D eigenvalue weighted by molar-refractivity contribution is 5.81. The highest BCUT2D eigenvalue weighted by atomic mass is 16.1. The molecule has 0 saturated carbocycles. The monoisotopic (exact) mass is 212 g/mol. The molecule has 88 valence electrons. The van der Waals surface area contributed by atoms with Gasteiger partial charge in [0.05, 0.1) is 0 Å². The van der Waals surface area contributed by atoms with Crippen molar-refractivity contribution < 1.29 is 9.59 Å². The average Bonchev–Trinajstić information content (AvgIpc) is 2.11. The first-order valence-corrected chi connectivity index (χ1v) is 5.79. The molecule has 0 aromatic rings. The van der Waals surface area contributed by atoms with Gasteiger partial charge in [-0.3, -0.25) is 9.59 Å². The molecule has 0 saturated heterocycles. The zero-order valence-corrected chi connectivity index (χ0v) is 10.7. The van der Waals surface area contributed by atoms with Crippen LogP contribution in [0, 0.1) is 11.3 Å². The van der Waals surface area contributed by atoms with Gasteiger partial charge in [-0.2, -0.15) is 0 Å². The largest absolute Gasteiger partial charge is 0.300 e. The minimum Gasteiger partial charge on any atom is -0.300 e. The molecule has 1 atom stereocenters. The van der Waals surface area contributed by atoms with Gasteiger partial charge in [0.15, 0.2) is 0 Å². The van der Waals surface area contributed by atoms with E-state index in [0.717, 1.165) is 25.7 Å². The van der Waals surface area contributed by atoms with Crippen LogP contribution in [0.4, 0.5) is 0 Å². The molecule has 0 rings (SSSR count). The number of hydrogen-bond donors (Lipinski definition) is 0. The summed E-state index contributed by atoms with van der Waals surface area (Å²) in [7, 11) is 0. The van der Waals surface area contributed by atoms with Crippen molar-refractivity contribution in [3.8, 4) is 0 Å². The molecule has 0 aliphatic heterocycles. The van der Waals surface area contributed by atoms with E-state index >= 15 is 0 Å². The van der Waals surface area contributed by atoms with Crippen LogP contribution >= 0.6 is 0 Å². The second kappa shape index (κ2) is 6.04. The van der Waals surface area contributed by atoms with Crippen molar-refractivity contribution in [2.75, 3.05) is 0 Å². The van der Waals surface area contributed by atoms with E-state index in [0.29, 0.717) is 0 Å². The summed E-state index contributed by atoms with van der Waals surface area (Å²) in [6, 6.07) is 0. The summed E-state index contributed by atoms with van der Waals surface area (Å²) in [5, 5.41) is 0. The Morgan fingerprint density at radius 3 is 2.07 bits per heavy atom. The van der Waals surface area contributed by atoms with Crippen LogP contribution in [0.1, 0.15) is 60.3 Å². The van der Waals surface area contributed by atoms with E-state index in [1.165, 1.54) is 0 Å². The molecule has 0 bridgehead atoms. The SMILES string of the molecule is CC(=O)C(C)CCCCC(C)(C)C(C)=O. The lowest BCUT2D eigenvalue weighted by atomic mass is 9.83. The average molecular weight is 212 g/mol. The molecular weight excluding hydrogens is 188 g/mol. The van der Waals surface area contributed by atoms with E-state index in [9.17, 15) is 9.59 Å². The maximum atomic E-state index is 11.2. The van der Waals surface area contributed by atoms with Gasteiger partial charge in [-0.1, -0.05) is 33.6 Å². The molecule has 0 aliphatic carbocycles. The lowest BCUT2D eigenvalue weighted by Crippen LogP contribution is -2.21. The third kappa shape index (κ3) is 5.71. The molecule has 0 heterocycles. The van der Waals surface area contributed by atoms with E-state index in [1.807, 2.05) is 20.8 Å². The van der Waals surface area contributed by atoms with Crippen LogP contribution in [-0.4, -0.2) is 11.6 Å². The summed E-state index contributed by atoms with van der Waals surface area (Å²) in [4.78, 5) is 22.2. The highest BCUT2D eigenvalue weighted by Gasteiger charge is 2.22. The number of carbonyl (C=O) groups is 2. The number of rotatable bonds is 7. The van der Waals surface area contributed by atoms with Crippen molar-refractivity contribution in [2.24, 2.45) is 11.3 Å². The Kier molecular flexibility index (Phi) is 5.77. The number of hydrogen-bond acceptors (Lipinski definition) is 2. The fourth-order valence-electron chi connectivity index (χ4n) is 1.40. The smallest absolute Gasteiger partial charge is 0.135 e. The predicted octanol–water partition coefficient (Wildman–Crippen LogP) is 3.39. The van der Waals surface area contributed by atoms with Crippen LogP contribution in [0.3, 0.4) is 0 Å². The Balaban J connectivity index is 3.72. The van der Waals surface area contributed by atoms with Gasteiger partial charge in [-0.15, -0.1) is 0 Å². The minimum atomic E-state index is -0.195. The zero-order chi connectivity index (χ0) is 12.1. The molecular formula is C13H24O2. The van der Waals surface area contributed by atoms with Crippen molar-refractivity contribution in [3.63, 3.8) is 0 Å². The molecule has 0 amide bonds. The first-order valence-electron chi connectivity index (χ1n) is 5.79. The predicted molar refractivity (Wildman–Crippen MR) is 62.8 cm³/mol. The molecule has 0 aromatic carbocycles. The molecule has 0 N–H and O–H groups in total. The molecule has 2 heteroatoms. The van der Waals surface area contributed by atoms with E-state index in [-0.39, 0.29) is 22.9 Å². The summed E-state index contributed by atoms with van der Waals surface area (Å²) in [6.07, 6.45) is 3.94. The standard InChI is InChI=1S/C13H24O2/c1-10(11(2)14)8-6-7-9-13(4,5)12(3)15/h10H,6-9H2,1-5H3. The van der Waals surface area contributed by atoms with Crippen LogP contribution in [0.2, 0.25) is 0 Å². The Hall–Kier alpha value is -0.660. The van der Waals surface area contributed by atoms with Crippen molar-refractivity contribution in [1.82, 2.24) is 0 Å². The minimum absolute atomic E-state index is 0.172. The number of Topliss-reactive ketones (excluding diaryl/α,β-unsaturated/α-hetero) is 2. The maximum absolute atomic E-state index is 11.2. The Bertz CT molecular complexity index is 229. The summed E-state index contributed by atoms with van der Waals surface area (Å²) in [5.74, 6) is 0.688. The topological polar surface area (TPSA) is 34.1 Å². The number of carbonyl (C=O) groups excluding carboxylic acids is 2. The Morgan fingerprint density at radius 2 is 1.67 bits per heavy atom. The molecule has 15 heavy (non-hydrogen) atoms. The van der Waals surface area contributed by atoms with Crippen molar-refractivity contribution >= 4 is 11.6 Å². The van der Waals surface area contributed by atoms with E-state index in [4.69, 9.17) is 0 Å². The third-order valence-electron chi connectivity index (χ3n) is 3.34. The second-order valence-corrected chi connectivity index (χ2v) is 5.20. The van der Waals surface area contributed by atoms with Crippen LogP contribution in [-0.2, 0) is 9.59 Å². The van der Waals surface area contributed by atoms with Crippen molar-refractivity contribution in [1.29, 1.82) is 0 Å². The first kappa shape index (κ1) is 14.3. The quantitative estimate of drug-likeness (QED) is 0.606. The van der Waals surface area contributed by atoms with E-state index < -0.39 is 0 Å². The van der Waals surface area contributed by atoms with E-state index in [1.54, 1.807) is 13.8 Å². The molecule has 2 nitrogen and oxygen atoms in total. The molecule has 1 unspecified atom stereocenters. The van der Waals surface area contributed by atoms with E-state index in [2.05, 4.69) is 0 Å². The van der Waals surface area contributed by atoms with Crippen LogP contribution in [0.25, 0.3) is 0 Å². The van der Waals surface area contributed by atoms with Gasteiger partial charge in [0.25, 0.3) is 0 Å². The summed E-state index contributed by atoms with van der Waals surface area (Å²) in [6.45, 7) is 9.24. The van der Waals surface area contributed by atoms with Gasteiger partial charge in [-0.05, 0) is 26.7 Å². The zero-order valence-electron chi connectivity index (χ0n) is 10.7. The lowest BCUT2D eigenvalue weighted by Gasteiger charge is -2.20.